The van der Waals surface area contributed by atoms with E-state index in [9.17, 15) is 30.0 Å². The topological polar surface area (TPSA) is 146 Å². The summed E-state index contributed by atoms with van der Waals surface area (Å²) in [6.07, 6.45) is 0. The zero-order valence-electron chi connectivity index (χ0n) is 8.97. The largest absolute Gasteiger partial charge is 0.396 e. The van der Waals surface area contributed by atoms with E-state index in [1.54, 1.807) is 0 Å². The molecule has 19 heavy (non-hydrogen) atoms. The van der Waals surface area contributed by atoms with Gasteiger partial charge in [-0.1, -0.05) is 0 Å². The number of nitrogen functional groups attached to an aromatic ring is 1. The average molecular weight is 319 g/mol. The summed E-state index contributed by atoms with van der Waals surface area (Å²) >= 11 is 0. The number of hydrogen-bond donors (Lipinski definition) is 3. The molecule has 0 saturated heterocycles. The van der Waals surface area contributed by atoms with Gasteiger partial charge >= 0.3 is 4.33 Å². The van der Waals surface area contributed by atoms with Gasteiger partial charge in [0.25, 0.3) is 20.0 Å². The van der Waals surface area contributed by atoms with Crippen LogP contribution in [0.3, 0.4) is 0 Å². The fourth-order valence-electron chi connectivity index (χ4n) is 1.26. The molecule has 0 radical (unpaired) electrons. The van der Waals surface area contributed by atoms with Crippen molar-refractivity contribution >= 4 is 25.7 Å². The van der Waals surface area contributed by atoms with E-state index in [4.69, 9.17) is 5.73 Å². The lowest BCUT2D eigenvalue weighted by atomic mass is 10.2. The minimum Gasteiger partial charge on any atom is -0.396 e. The third-order valence-electron chi connectivity index (χ3n) is 2.17. The Labute approximate surface area is 106 Å². The highest BCUT2D eigenvalue weighted by Gasteiger charge is 2.57. The Morgan fingerprint density at radius 3 is 1.74 bits per heavy atom. The van der Waals surface area contributed by atoms with E-state index in [0.717, 1.165) is 0 Å². The molecule has 0 aliphatic heterocycles. The number of primary sulfonamides is 2. The van der Waals surface area contributed by atoms with Gasteiger partial charge < -0.3 is 5.73 Å². The summed E-state index contributed by atoms with van der Waals surface area (Å²) < 4.78 is 80.6. The van der Waals surface area contributed by atoms with Crippen LogP contribution in [0, 0.1) is 11.6 Å². The van der Waals surface area contributed by atoms with E-state index in [-0.39, 0.29) is 0 Å². The second kappa shape index (κ2) is 4.33. The molecule has 6 N–H and O–H groups in total. The minimum absolute atomic E-state index is 0.322. The van der Waals surface area contributed by atoms with E-state index in [1.165, 1.54) is 0 Å². The Bertz CT molecular complexity index is 700. The smallest absolute Gasteiger partial charge is 0.363 e. The maximum atomic E-state index is 14.2. The molecule has 0 unspecified atom stereocenters. The van der Waals surface area contributed by atoms with Gasteiger partial charge in [0.05, 0.1) is 11.3 Å². The molecular weight excluding hydrogens is 311 g/mol. The molecule has 0 spiro atoms. The van der Waals surface area contributed by atoms with Crippen molar-refractivity contribution in [3.63, 3.8) is 0 Å². The van der Waals surface area contributed by atoms with Crippen LogP contribution in [0.4, 0.5) is 18.9 Å². The second-order valence-electron chi connectivity index (χ2n) is 3.46. The summed E-state index contributed by atoms with van der Waals surface area (Å²) in [6, 6.07) is 0.890. The molecule has 0 aliphatic rings. The Morgan fingerprint density at radius 2 is 1.37 bits per heavy atom. The van der Waals surface area contributed by atoms with Gasteiger partial charge in [0.15, 0.2) is 11.6 Å². The highest BCUT2D eigenvalue weighted by atomic mass is 32.3. The van der Waals surface area contributed by atoms with E-state index in [0.29, 0.717) is 12.1 Å². The number of alkyl halides is 1. The zero-order chi connectivity index (χ0) is 15.2. The van der Waals surface area contributed by atoms with Gasteiger partial charge in [-0.05, 0) is 12.1 Å². The molecule has 0 saturated carbocycles. The molecule has 1 aromatic carbocycles. The minimum atomic E-state index is -5.55. The highest BCUT2D eigenvalue weighted by molar-refractivity contribution is 8.07. The summed E-state index contributed by atoms with van der Waals surface area (Å²) in [4.78, 5) is 0. The molecular formula is C7H8F3N3O4S2. The third kappa shape index (κ3) is 2.27. The monoisotopic (exact) mass is 319 g/mol. The molecule has 12 heteroatoms. The lowest BCUT2D eigenvalue weighted by Gasteiger charge is -2.21. The molecule has 0 atom stereocenters. The van der Waals surface area contributed by atoms with Crippen LogP contribution in [0.1, 0.15) is 5.56 Å². The maximum absolute atomic E-state index is 14.2. The van der Waals surface area contributed by atoms with Crippen LogP contribution in [-0.4, -0.2) is 16.8 Å². The number of halogens is 3. The van der Waals surface area contributed by atoms with Crippen LogP contribution in [0.25, 0.3) is 0 Å². The van der Waals surface area contributed by atoms with Crippen molar-refractivity contribution < 1.29 is 30.0 Å². The van der Waals surface area contributed by atoms with Crippen LogP contribution < -0.4 is 16.0 Å². The Kier molecular flexibility index (Phi) is 3.58. The number of anilines is 1. The van der Waals surface area contributed by atoms with Crippen molar-refractivity contribution in [3.05, 3.63) is 29.3 Å². The number of nitrogens with two attached hydrogens (primary N) is 3. The molecule has 0 aliphatic carbocycles. The fraction of sp³-hybridized carbons (Fsp3) is 0.143. The zero-order valence-corrected chi connectivity index (χ0v) is 10.6. The molecule has 108 valence electrons. The van der Waals surface area contributed by atoms with Crippen LogP contribution in [0.5, 0.6) is 0 Å². The van der Waals surface area contributed by atoms with E-state index in [1.807, 2.05) is 0 Å². The Balaban J connectivity index is 3.89. The van der Waals surface area contributed by atoms with Crippen molar-refractivity contribution in [2.75, 3.05) is 5.73 Å². The van der Waals surface area contributed by atoms with Crippen LogP contribution in [0.15, 0.2) is 12.1 Å². The predicted molar refractivity (Wildman–Crippen MR) is 59.8 cm³/mol. The van der Waals surface area contributed by atoms with Gasteiger partial charge in [0, 0.05) is 0 Å². The van der Waals surface area contributed by atoms with Gasteiger partial charge in [-0.25, -0.2) is 35.9 Å². The lowest BCUT2D eigenvalue weighted by molar-refractivity contribution is 0.348. The van der Waals surface area contributed by atoms with Crippen molar-refractivity contribution in [2.45, 2.75) is 4.33 Å². The first kappa shape index (κ1) is 15.7. The second-order valence-corrected chi connectivity index (χ2v) is 7.02. The van der Waals surface area contributed by atoms with Crippen molar-refractivity contribution in [2.24, 2.45) is 10.3 Å². The molecule has 0 amide bonds. The van der Waals surface area contributed by atoms with Gasteiger partial charge in [-0.3, -0.25) is 0 Å². The third-order valence-corrected chi connectivity index (χ3v) is 5.46. The first-order chi connectivity index (χ1) is 8.34. The van der Waals surface area contributed by atoms with E-state index >= 15 is 0 Å². The number of hydrogen-bond acceptors (Lipinski definition) is 5. The predicted octanol–water partition coefficient (Wildman–Crippen LogP) is -0.796. The molecule has 1 rings (SSSR count). The highest BCUT2D eigenvalue weighted by Crippen LogP contribution is 2.37. The maximum Gasteiger partial charge on any atom is 0.363 e. The fourth-order valence-corrected chi connectivity index (χ4v) is 3.49. The summed E-state index contributed by atoms with van der Waals surface area (Å²) in [5.41, 5.74) is 2.46. The Morgan fingerprint density at radius 1 is 0.947 bits per heavy atom. The molecule has 7 nitrogen and oxygen atoms in total. The van der Waals surface area contributed by atoms with Gasteiger partial charge in [-0.2, -0.15) is 4.39 Å². The van der Waals surface area contributed by atoms with Crippen LogP contribution in [-0.2, 0) is 24.4 Å². The Hall–Kier alpha value is -1.37. The van der Waals surface area contributed by atoms with Crippen LogP contribution >= 0.6 is 0 Å². The van der Waals surface area contributed by atoms with Crippen molar-refractivity contribution in [1.82, 2.24) is 0 Å². The summed E-state index contributed by atoms with van der Waals surface area (Å²) in [5, 5.41) is 8.81. The van der Waals surface area contributed by atoms with Gasteiger partial charge in [0.2, 0.25) is 0 Å². The first-order valence-corrected chi connectivity index (χ1v) is 7.41. The number of sulfonamides is 2. The molecule has 0 heterocycles. The number of rotatable bonds is 3. The summed E-state index contributed by atoms with van der Waals surface area (Å²) in [7, 11) is -11.1. The van der Waals surface area contributed by atoms with Crippen LogP contribution in [0.2, 0.25) is 0 Å². The van der Waals surface area contributed by atoms with Crippen molar-refractivity contribution in [1.29, 1.82) is 0 Å². The quantitative estimate of drug-likeness (QED) is 0.624. The lowest BCUT2D eigenvalue weighted by Crippen LogP contribution is -2.47. The summed E-state index contributed by atoms with van der Waals surface area (Å²) in [5.74, 6) is -3.95. The summed E-state index contributed by atoms with van der Waals surface area (Å²) in [6.45, 7) is 0. The molecule has 1 aromatic rings. The van der Waals surface area contributed by atoms with E-state index < -0.39 is 47.3 Å². The normalized spacial score (nSPS) is 13.5. The molecule has 0 bridgehead atoms. The molecule has 0 aromatic heterocycles. The number of benzene rings is 1. The van der Waals surface area contributed by atoms with Crippen molar-refractivity contribution in [3.8, 4) is 0 Å². The van der Waals surface area contributed by atoms with Gasteiger partial charge in [0.1, 0.15) is 0 Å². The first-order valence-electron chi connectivity index (χ1n) is 4.31. The standard InChI is InChI=1S/C7H8F3N3O4S2/c8-5-3(1-2-4(11)6(5)9)7(10,18(12,14)15)19(13,16)17/h1-2H,11H2,(H2,12,14,15)(H2,13,16,17). The average Bonchev–Trinajstić information content (AvgIpc) is 2.22. The van der Waals surface area contributed by atoms with E-state index in [2.05, 4.69) is 10.3 Å². The van der Waals surface area contributed by atoms with Gasteiger partial charge in [-0.15, -0.1) is 0 Å². The molecule has 0 fully saturated rings. The SMILES string of the molecule is Nc1ccc(C(F)(S(N)(=O)=O)S(N)(=O)=O)c(F)c1F.